The van der Waals surface area contributed by atoms with Crippen LogP contribution in [0.3, 0.4) is 0 Å². The molecule has 1 aromatic heterocycles. The number of benzene rings is 1. The highest BCUT2D eigenvalue weighted by Gasteiger charge is 2.23. The van der Waals surface area contributed by atoms with Gasteiger partial charge in [-0.15, -0.1) is 0 Å². The lowest BCUT2D eigenvalue weighted by molar-refractivity contribution is 0.0661. The Morgan fingerprint density at radius 3 is 2.62 bits per heavy atom. The van der Waals surface area contributed by atoms with Crippen LogP contribution in [0.5, 0.6) is 5.75 Å². The number of nitrogens with two attached hydrogens (primary N) is 1. The highest BCUT2D eigenvalue weighted by molar-refractivity contribution is 5.97. The molecule has 7 heteroatoms. The molecule has 24 heavy (non-hydrogen) atoms. The molecule has 1 aliphatic rings. The summed E-state index contributed by atoms with van der Waals surface area (Å²) >= 11 is 0. The van der Waals surface area contributed by atoms with Crippen molar-refractivity contribution in [3.63, 3.8) is 0 Å². The van der Waals surface area contributed by atoms with Gasteiger partial charge in [0.25, 0.3) is 5.91 Å². The molecule has 2 N–H and O–H groups in total. The summed E-state index contributed by atoms with van der Waals surface area (Å²) in [5.41, 5.74) is 7.72. The van der Waals surface area contributed by atoms with E-state index in [9.17, 15) is 4.79 Å². The number of methoxy groups -OCH3 is 1. The van der Waals surface area contributed by atoms with Gasteiger partial charge in [0.1, 0.15) is 5.75 Å². The van der Waals surface area contributed by atoms with Gasteiger partial charge >= 0.3 is 0 Å². The first kappa shape index (κ1) is 16.2. The van der Waals surface area contributed by atoms with Gasteiger partial charge in [0.15, 0.2) is 0 Å². The molecule has 0 radical (unpaired) electrons. The molecular formula is C17H21N5O2. The van der Waals surface area contributed by atoms with Crippen LogP contribution in [-0.4, -0.2) is 66.0 Å². The van der Waals surface area contributed by atoms with E-state index in [1.807, 2.05) is 17.0 Å². The predicted octanol–water partition coefficient (Wildman–Crippen LogP) is 1.12. The van der Waals surface area contributed by atoms with Crippen LogP contribution in [0, 0.1) is 0 Å². The van der Waals surface area contributed by atoms with E-state index in [1.54, 1.807) is 25.4 Å². The second-order valence-electron chi connectivity index (χ2n) is 5.81. The molecule has 0 bridgehead atoms. The largest absolute Gasteiger partial charge is 0.496 e. The van der Waals surface area contributed by atoms with Gasteiger partial charge in [-0.3, -0.25) is 4.79 Å². The Bertz CT molecular complexity index is 742. The van der Waals surface area contributed by atoms with Crippen molar-refractivity contribution in [2.75, 3.05) is 46.1 Å². The van der Waals surface area contributed by atoms with Crippen LogP contribution < -0.4 is 10.5 Å². The minimum Gasteiger partial charge on any atom is -0.496 e. The molecule has 0 unspecified atom stereocenters. The summed E-state index contributed by atoms with van der Waals surface area (Å²) in [5.74, 6) is 0.742. The fourth-order valence-corrected chi connectivity index (χ4v) is 2.74. The molecule has 3 rings (SSSR count). The number of piperazine rings is 1. The zero-order valence-corrected chi connectivity index (χ0v) is 13.9. The average Bonchev–Trinajstić information content (AvgIpc) is 2.61. The molecule has 1 aliphatic heterocycles. The number of likely N-dealkylation sites (N-methyl/N-ethyl adjacent to an activating group) is 1. The van der Waals surface area contributed by atoms with Crippen molar-refractivity contribution < 1.29 is 9.53 Å². The van der Waals surface area contributed by atoms with Crippen molar-refractivity contribution in [2.45, 2.75) is 0 Å². The average molecular weight is 327 g/mol. The van der Waals surface area contributed by atoms with Crippen LogP contribution in [0.4, 0.5) is 5.95 Å². The Morgan fingerprint density at radius 2 is 1.96 bits per heavy atom. The fourth-order valence-electron chi connectivity index (χ4n) is 2.74. The van der Waals surface area contributed by atoms with Gasteiger partial charge in [-0.25, -0.2) is 9.97 Å². The third-order valence-electron chi connectivity index (χ3n) is 4.19. The minimum atomic E-state index is -0.00583. The number of nitrogens with zero attached hydrogens (tertiary/aromatic N) is 4. The lowest BCUT2D eigenvalue weighted by Crippen LogP contribution is -2.47. The molecule has 2 heterocycles. The number of anilines is 1. The number of carbonyl (C=O) groups is 1. The molecule has 1 saturated heterocycles. The highest BCUT2D eigenvalue weighted by Crippen LogP contribution is 2.27. The maximum atomic E-state index is 12.8. The first-order chi connectivity index (χ1) is 11.6. The molecule has 1 aromatic carbocycles. The number of rotatable bonds is 3. The first-order valence-corrected chi connectivity index (χ1v) is 7.83. The summed E-state index contributed by atoms with van der Waals surface area (Å²) in [4.78, 5) is 24.9. The first-order valence-electron chi connectivity index (χ1n) is 7.83. The summed E-state index contributed by atoms with van der Waals surface area (Å²) < 4.78 is 5.44. The van der Waals surface area contributed by atoms with Crippen LogP contribution in [-0.2, 0) is 0 Å². The summed E-state index contributed by atoms with van der Waals surface area (Å²) in [6, 6.07) is 7.22. The summed E-state index contributed by atoms with van der Waals surface area (Å²) in [7, 11) is 3.62. The molecule has 1 amide bonds. The third-order valence-corrected chi connectivity index (χ3v) is 4.19. The quantitative estimate of drug-likeness (QED) is 0.909. The van der Waals surface area contributed by atoms with Crippen LogP contribution in [0.1, 0.15) is 10.4 Å². The number of carbonyl (C=O) groups excluding carboxylic acids is 1. The fraction of sp³-hybridized carbons (Fsp3) is 0.353. The normalized spacial score (nSPS) is 15.3. The Hall–Kier alpha value is -2.67. The second kappa shape index (κ2) is 6.84. The predicted molar refractivity (Wildman–Crippen MR) is 91.8 cm³/mol. The monoisotopic (exact) mass is 327 g/mol. The van der Waals surface area contributed by atoms with Gasteiger partial charge in [0, 0.05) is 37.9 Å². The smallest absolute Gasteiger partial charge is 0.257 e. The van der Waals surface area contributed by atoms with Gasteiger partial charge in [-0.05, 0) is 25.2 Å². The van der Waals surface area contributed by atoms with E-state index >= 15 is 0 Å². The zero-order chi connectivity index (χ0) is 17.1. The van der Waals surface area contributed by atoms with Crippen LogP contribution in [0.15, 0.2) is 30.5 Å². The van der Waals surface area contributed by atoms with Crippen LogP contribution in [0.25, 0.3) is 11.3 Å². The Kier molecular flexibility index (Phi) is 4.61. The number of amides is 1. The van der Waals surface area contributed by atoms with Crippen molar-refractivity contribution >= 4 is 11.9 Å². The molecular weight excluding hydrogens is 306 g/mol. The number of aromatic nitrogens is 2. The summed E-state index contributed by atoms with van der Waals surface area (Å²) in [6.45, 7) is 3.21. The topological polar surface area (TPSA) is 84.6 Å². The SMILES string of the molecule is COc1cc(-c2ccnc(N)n2)ccc1C(=O)N1CCN(C)CC1. The van der Waals surface area contributed by atoms with Crippen molar-refractivity contribution in [3.05, 3.63) is 36.0 Å². The third kappa shape index (κ3) is 3.30. The number of ether oxygens (including phenoxy) is 1. The molecule has 2 aromatic rings. The Balaban J connectivity index is 1.88. The van der Waals surface area contributed by atoms with Gasteiger partial charge in [-0.2, -0.15) is 0 Å². The molecule has 1 fully saturated rings. The van der Waals surface area contributed by atoms with Crippen LogP contribution in [0.2, 0.25) is 0 Å². The maximum absolute atomic E-state index is 12.8. The summed E-state index contributed by atoms with van der Waals surface area (Å²) in [6.07, 6.45) is 1.60. The van der Waals surface area contributed by atoms with Gasteiger partial charge in [0.2, 0.25) is 5.95 Å². The highest BCUT2D eigenvalue weighted by atomic mass is 16.5. The molecule has 0 spiro atoms. The van der Waals surface area contributed by atoms with E-state index in [-0.39, 0.29) is 11.9 Å². The maximum Gasteiger partial charge on any atom is 0.257 e. The van der Waals surface area contributed by atoms with E-state index in [2.05, 4.69) is 21.9 Å². The zero-order valence-electron chi connectivity index (χ0n) is 13.9. The van der Waals surface area contributed by atoms with E-state index in [4.69, 9.17) is 10.5 Å². The molecule has 0 aliphatic carbocycles. The Morgan fingerprint density at radius 1 is 1.21 bits per heavy atom. The Labute approximate surface area is 141 Å². The van der Waals surface area contributed by atoms with E-state index in [0.717, 1.165) is 31.7 Å². The molecule has 126 valence electrons. The standard InChI is InChI=1S/C17H21N5O2/c1-21-7-9-22(10-8-21)16(23)13-4-3-12(11-15(13)24-2)14-5-6-19-17(18)20-14/h3-6,11H,7-10H2,1-2H3,(H2,18,19,20). The summed E-state index contributed by atoms with van der Waals surface area (Å²) in [5, 5.41) is 0. The van der Waals surface area contributed by atoms with E-state index in [1.165, 1.54) is 0 Å². The molecule has 0 saturated carbocycles. The lowest BCUT2D eigenvalue weighted by atomic mass is 10.1. The van der Waals surface area contributed by atoms with Gasteiger partial charge < -0.3 is 20.3 Å². The van der Waals surface area contributed by atoms with Crippen molar-refractivity contribution in [1.82, 2.24) is 19.8 Å². The lowest BCUT2D eigenvalue weighted by Gasteiger charge is -2.32. The van der Waals surface area contributed by atoms with Crippen molar-refractivity contribution in [3.8, 4) is 17.0 Å². The van der Waals surface area contributed by atoms with E-state index < -0.39 is 0 Å². The van der Waals surface area contributed by atoms with Gasteiger partial charge in [-0.1, -0.05) is 6.07 Å². The van der Waals surface area contributed by atoms with E-state index in [0.29, 0.717) is 17.0 Å². The molecule has 0 atom stereocenters. The molecule has 7 nitrogen and oxygen atoms in total. The van der Waals surface area contributed by atoms with Gasteiger partial charge in [0.05, 0.1) is 18.4 Å². The second-order valence-corrected chi connectivity index (χ2v) is 5.81. The number of hydrogen-bond donors (Lipinski definition) is 1. The van der Waals surface area contributed by atoms with Crippen molar-refractivity contribution in [1.29, 1.82) is 0 Å². The number of hydrogen-bond acceptors (Lipinski definition) is 6. The van der Waals surface area contributed by atoms with Crippen LogP contribution >= 0.6 is 0 Å². The minimum absolute atomic E-state index is 0.00583. The van der Waals surface area contributed by atoms with Crippen molar-refractivity contribution in [2.24, 2.45) is 0 Å². The number of nitrogen functional groups attached to an aromatic ring is 1.